The summed E-state index contributed by atoms with van der Waals surface area (Å²) in [5, 5.41) is 11.9. The van der Waals surface area contributed by atoms with Gasteiger partial charge in [-0.25, -0.2) is 4.79 Å². The number of aliphatic carboxylic acids is 1. The summed E-state index contributed by atoms with van der Waals surface area (Å²) in [5.74, 6) is -1.47. The van der Waals surface area contributed by atoms with Crippen molar-refractivity contribution in [2.24, 2.45) is 5.92 Å². The standard InChI is InChI=1S/C20H28N2O5/c1-13(2)10-18(23)22-12-15-7-5-4-6-14(15)11-17(22)19(24)21-16(20(25)26)8-9-27-3/h4-7,13,16-17H,8-12H2,1-3H3,(H,21,24)(H,25,26). The van der Waals surface area contributed by atoms with Crippen LogP contribution >= 0.6 is 0 Å². The van der Waals surface area contributed by atoms with Gasteiger partial charge in [0.25, 0.3) is 0 Å². The number of amides is 2. The monoisotopic (exact) mass is 376 g/mol. The van der Waals surface area contributed by atoms with Crippen LogP contribution < -0.4 is 5.32 Å². The normalized spacial score (nSPS) is 17.3. The quantitative estimate of drug-likeness (QED) is 0.718. The van der Waals surface area contributed by atoms with Crippen molar-refractivity contribution in [3.05, 3.63) is 35.4 Å². The van der Waals surface area contributed by atoms with Gasteiger partial charge >= 0.3 is 5.97 Å². The molecule has 148 valence electrons. The first-order valence-corrected chi connectivity index (χ1v) is 9.21. The molecule has 2 rings (SSSR count). The number of ether oxygens (including phenoxy) is 1. The Balaban J connectivity index is 2.22. The van der Waals surface area contributed by atoms with Crippen molar-refractivity contribution < 1.29 is 24.2 Å². The molecule has 0 spiro atoms. The van der Waals surface area contributed by atoms with Gasteiger partial charge in [-0.05, 0) is 17.0 Å². The van der Waals surface area contributed by atoms with E-state index >= 15 is 0 Å². The molecule has 2 unspecified atom stereocenters. The lowest BCUT2D eigenvalue weighted by Crippen LogP contribution is -2.55. The number of benzene rings is 1. The molecule has 0 radical (unpaired) electrons. The maximum Gasteiger partial charge on any atom is 0.326 e. The molecular formula is C20H28N2O5. The predicted octanol–water partition coefficient (Wildman–Crippen LogP) is 1.59. The van der Waals surface area contributed by atoms with Crippen LogP contribution in [0.4, 0.5) is 0 Å². The number of carbonyl (C=O) groups is 3. The molecule has 27 heavy (non-hydrogen) atoms. The Morgan fingerprint density at radius 2 is 1.93 bits per heavy atom. The van der Waals surface area contributed by atoms with Crippen LogP contribution in [0.3, 0.4) is 0 Å². The summed E-state index contributed by atoms with van der Waals surface area (Å²) in [4.78, 5) is 38.6. The maximum atomic E-state index is 12.9. The van der Waals surface area contributed by atoms with Gasteiger partial charge in [-0.1, -0.05) is 38.1 Å². The van der Waals surface area contributed by atoms with Crippen LogP contribution in [0.25, 0.3) is 0 Å². The second-order valence-electron chi connectivity index (χ2n) is 7.29. The van der Waals surface area contributed by atoms with E-state index in [1.807, 2.05) is 38.1 Å². The molecule has 2 N–H and O–H groups in total. The third-order valence-electron chi connectivity index (χ3n) is 4.68. The van der Waals surface area contributed by atoms with E-state index in [9.17, 15) is 19.5 Å². The first-order valence-electron chi connectivity index (χ1n) is 9.21. The van der Waals surface area contributed by atoms with E-state index in [1.165, 1.54) is 7.11 Å². The van der Waals surface area contributed by atoms with Gasteiger partial charge in [-0.2, -0.15) is 0 Å². The molecule has 1 heterocycles. The molecule has 0 aromatic heterocycles. The Labute approximate surface area is 159 Å². The number of hydrogen-bond acceptors (Lipinski definition) is 4. The SMILES string of the molecule is COCCC(NC(=O)C1Cc2ccccc2CN1C(=O)CC(C)C)C(=O)O. The van der Waals surface area contributed by atoms with E-state index in [0.717, 1.165) is 11.1 Å². The highest BCUT2D eigenvalue weighted by atomic mass is 16.5. The summed E-state index contributed by atoms with van der Waals surface area (Å²) in [6.45, 7) is 4.49. The molecule has 1 aromatic rings. The largest absolute Gasteiger partial charge is 0.480 e. The van der Waals surface area contributed by atoms with Gasteiger partial charge in [0.1, 0.15) is 12.1 Å². The molecule has 7 nitrogen and oxygen atoms in total. The molecular weight excluding hydrogens is 348 g/mol. The number of carbonyl (C=O) groups excluding carboxylic acids is 2. The minimum Gasteiger partial charge on any atom is -0.480 e. The van der Waals surface area contributed by atoms with Gasteiger partial charge in [0, 0.05) is 39.5 Å². The lowest BCUT2D eigenvalue weighted by Gasteiger charge is -2.37. The smallest absolute Gasteiger partial charge is 0.326 e. The Morgan fingerprint density at radius 1 is 1.26 bits per heavy atom. The highest BCUT2D eigenvalue weighted by Gasteiger charge is 2.36. The summed E-state index contributed by atoms with van der Waals surface area (Å²) in [7, 11) is 1.48. The van der Waals surface area contributed by atoms with Gasteiger partial charge < -0.3 is 20.1 Å². The van der Waals surface area contributed by atoms with Crippen LogP contribution in [0, 0.1) is 5.92 Å². The molecule has 1 aliphatic heterocycles. The summed E-state index contributed by atoms with van der Waals surface area (Å²) in [5.41, 5.74) is 2.03. The summed E-state index contributed by atoms with van der Waals surface area (Å²) in [6.07, 6.45) is 0.890. The number of nitrogens with zero attached hydrogens (tertiary/aromatic N) is 1. The predicted molar refractivity (Wildman–Crippen MR) is 100.0 cm³/mol. The molecule has 0 aliphatic carbocycles. The fourth-order valence-electron chi connectivity index (χ4n) is 3.25. The van der Waals surface area contributed by atoms with Crippen LogP contribution in [-0.4, -0.2) is 53.6 Å². The van der Waals surface area contributed by atoms with Crippen LogP contribution in [0.2, 0.25) is 0 Å². The number of rotatable bonds is 8. The highest BCUT2D eigenvalue weighted by Crippen LogP contribution is 2.25. The van der Waals surface area contributed by atoms with Crippen molar-refractivity contribution in [2.75, 3.05) is 13.7 Å². The second kappa shape index (κ2) is 9.50. The lowest BCUT2D eigenvalue weighted by atomic mass is 9.92. The van der Waals surface area contributed by atoms with Crippen molar-refractivity contribution in [1.29, 1.82) is 0 Å². The van der Waals surface area contributed by atoms with E-state index in [4.69, 9.17) is 4.74 Å². The lowest BCUT2D eigenvalue weighted by molar-refractivity contribution is -0.146. The van der Waals surface area contributed by atoms with Gasteiger partial charge in [-0.3, -0.25) is 9.59 Å². The number of nitrogens with one attached hydrogen (secondary N) is 1. The Morgan fingerprint density at radius 3 is 2.52 bits per heavy atom. The third kappa shape index (κ3) is 5.53. The van der Waals surface area contributed by atoms with Crippen LogP contribution in [-0.2, 0) is 32.1 Å². The Kier molecular flexibility index (Phi) is 7.36. The molecule has 2 amide bonds. The van der Waals surface area contributed by atoms with Crippen LogP contribution in [0.5, 0.6) is 0 Å². The zero-order valence-corrected chi connectivity index (χ0v) is 16.1. The third-order valence-corrected chi connectivity index (χ3v) is 4.68. The average Bonchev–Trinajstić information content (AvgIpc) is 2.63. The minimum atomic E-state index is -1.11. The summed E-state index contributed by atoms with van der Waals surface area (Å²) in [6, 6.07) is 5.96. The Bertz CT molecular complexity index is 689. The molecule has 1 aliphatic rings. The van der Waals surface area contributed by atoms with Crippen molar-refractivity contribution in [1.82, 2.24) is 10.2 Å². The zero-order chi connectivity index (χ0) is 20.0. The number of carboxylic acid groups (broad SMARTS) is 1. The fourth-order valence-corrected chi connectivity index (χ4v) is 3.25. The van der Waals surface area contributed by atoms with Crippen LogP contribution in [0.15, 0.2) is 24.3 Å². The van der Waals surface area contributed by atoms with Crippen molar-refractivity contribution in [2.45, 2.75) is 51.7 Å². The van der Waals surface area contributed by atoms with E-state index in [1.54, 1.807) is 4.90 Å². The fraction of sp³-hybridized carbons (Fsp3) is 0.550. The molecule has 0 saturated carbocycles. The van der Waals surface area contributed by atoms with Gasteiger partial charge in [0.15, 0.2) is 0 Å². The van der Waals surface area contributed by atoms with Gasteiger partial charge in [-0.15, -0.1) is 0 Å². The Hall–Kier alpha value is -2.41. The van der Waals surface area contributed by atoms with Gasteiger partial charge in [0.2, 0.25) is 11.8 Å². The first kappa shape index (κ1) is 20.9. The van der Waals surface area contributed by atoms with Crippen molar-refractivity contribution in [3.63, 3.8) is 0 Å². The molecule has 7 heteroatoms. The van der Waals surface area contributed by atoms with E-state index in [0.29, 0.717) is 19.4 Å². The van der Waals surface area contributed by atoms with Crippen molar-refractivity contribution in [3.8, 4) is 0 Å². The highest BCUT2D eigenvalue weighted by molar-refractivity contribution is 5.91. The number of carboxylic acids is 1. The maximum absolute atomic E-state index is 12.9. The molecule has 2 atom stereocenters. The van der Waals surface area contributed by atoms with Crippen LogP contribution in [0.1, 0.15) is 37.8 Å². The average molecular weight is 376 g/mol. The van der Waals surface area contributed by atoms with E-state index in [-0.39, 0.29) is 24.9 Å². The number of methoxy groups -OCH3 is 1. The first-order chi connectivity index (χ1) is 12.8. The van der Waals surface area contributed by atoms with E-state index < -0.39 is 24.0 Å². The minimum absolute atomic E-state index is 0.0941. The summed E-state index contributed by atoms with van der Waals surface area (Å²) >= 11 is 0. The molecule has 1 aromatic carbocycles. The summed E-state index contributed by atoms with van der Waals surface area (Å²) < 4.78 is 4.92. The van der Waals surface area contributed by atoms with Crippen molar-refractivity contribution >= 4 is 17.8 Å². The zero-order valence-electron chi connectivity index (χ0n) is 16.1. The molecule has 0 bridgehead atoms. The number of hydrogen-bond donors (Lipinski definition) is 2. The molecule has 0 fully saturated rings. The number of fused-ring (bicyclic) bond motifs is 1. The molecule has 0 saturated heterocycles. The second-order valence-corrected chi connectivity index (χ2v) is 7.29. The van der Waals surface area contributed by atoms with E-state index in [2.05, 4.69) is 5.32 Å². The van der Waals surface area contributed by atoms with Gasteiger partial charge in [0.05, 0.1) is 0 Å². The topological polar surface area (TPSA) is 95.9 Å².